The molecular weight excluding hydrogens is 294 g/mol. The molecule has 0 spiro atoms. The van der Waals surface area contributed by atoms with Crippen molar-refractivity contribution in [3.05, 3.63) is 29.8 Å². The van der Waals surface area contributed by atoms with E-state index < -0.39 is 5.97 Å². The van der Waals surface area contributed by atoms with Crippen molar-refractivity contribution < 1.29 is 19.4 Å². The number of carbonyl (C=O) groups is 2. The predicted molar refractivity (Wildman–Crippen MR) is 89.3 cm³/mol. The van der Waals surface area contributed by atoms with Gasteiger partial charge in [-0.25, -0.2) is 0 Å². The Balaban J connectivity index is 2.31. The topological polar surface area (TPSA) is 75.6 Å². The predicted octanol–water partition coefficient (Wildman–Crippen LogP) is 3.23. The first kappa shape index (κ1) is 19.0. The van der Waals surface area contributed by atoms with E-state index in [1.165, 1.54) is 0 Å². The quantitative estimate of drug-likeness (QED) is 0.649. The fourth-order valence-electron chi connectivity index (χ4n) is 1.92. The van der Waals surface area contributed by atoms with Gasteiger partial charge in [0, 0.05) is 19.4 Å². The van der Waals surface area contributed by atoms with Gasteiger partial charge in [-0.15, -0.1) is 0 Å². The van der Waals surface area contributed by atoms with E-state index in [4.69, 9.17) is 9.84 Å². The lowest BCUT2D eigenvalue weighted by Crippen LogP contribution is -2.25. The van der Waals surface area contributed by atoms with E-state index in [-0.39, 0.29) is 12.3 Å². The SMILES string of the molecule is CC(C)C(C)CC(=O)NCc1ccc(OCCCC(=O)O)cc1. The van der Waals surface area contributed by atoms with Gasteiger partial charge < -0.3 is 15.2 Å². The summed E-state index contributed by atoms with van der Waals surface area (Å²) in [6.45, 7) is 7.21. The van der Waals surface area contributed by atoms with Crippen molar-refractivity contribution >= 4 is 11.9 Å². The molecule has 2 N–H and O–H groups in total. The molecule has 0 aromatic heterocycles. The number of benzene rings is 1. The zero-order valence-electron chi connectivity index (χ0n) is 14.2. The van der Waals surface area contributed by atoms with Crippen molar-refractivity contribution in [2.75, 3.05) is 6.61 Å². The Kier molecular flexibility index (Phi) is 8.16. The van der Waals surface area contributed by atoms with Crippen LogP contribution in [0.2, 0.25) is 0 Å². The summed E-state index contributed by atoms with van der Waals surface area (Å²) in [5, 5.41) is 11.5. The third kappa shape index (κ3) is 8.24. The number of rotatable bonds is 10. The summed E-state index contributed by atoms with van der Waals surface area (Å²) in [4.78, 5) is 22.2. The van der Waals surface area contributed by atoms with E-state index in [9.17, 15) is 9.59 Å². The number of carboxylic acid groups (broad SMARTS) is 1. The number of nitrogens with one attached hydrogen (secondary N) is 1. The van der Waals surface area contributed by atoms with Gasteiger partial charge in [-0.2, -0.15) is 0 Å². The Morgan fingerprint density at radius 1 is 1.17 bits per heavy atom. The van der Waals surface area contributed by atoms with Crippen LogP contribution in [0.4, 0.5) is 0 Å². The molecule has 128 valence electrons. The van der Waals surface area contributed by atoms with E-state index in [1.807, 2.05) is 24.3 Å². The van der Waals surface area contributed by atoms with Crippen LogP contribution < -0.4 is 10.1 Å². The molecule has 1 amide bonds. The first-order valence-electron chi connectivity index (χ1n) is 8.08. The number of ether oxygens (including phenoxy) is 1. The summed E-state index contributed by atoms with van der Waals surface area (Å²) in [5.41, 5.74) is 1.01. The van der Waals surface area contributed by atoms with E-state index in [0.29, 0.717) is 43.6 Å². The van der Waals surface area contributed by atoms with Crippen LogP contribution in [-0.4, -0.2) is 23.6 Å². The summed E-state index contributed by atoms with van der Waals surface area (Å²) in [5.74, 6) is 0.834. The maximum atomic E-state index is 11.8. The summed E-state index contributed by atoms with van der Waals surface area (Å²) < 4.78 is 5.47. The van der Waals surface area contributed by atoms with Gasteiger partial charge >= 0.3 is 5.97 Å². The van der Waals surface area contributed by atoms with Crippen LogP contribution in [0.3, 0.4) is 0 Å². The van der Waals surface area contributed by atoms with E-state index in [0.717, 1.165) is 5.56 Å². The molecule has 23 heavy (non-hydrogen) atoms. The first-order valence-corrected chi connectivity index (χ1v) is 8.08. The third-order valence-electron chi connectivity index (χ3n) is 3.86. The highest BCUT2D eigenvalue weighted by Gasteiger charge is 2.12. The summed E-state index contributed by atoms with van der Waals surface area (Å²) >= 11 is 0. The monoisotopic (exact) mass is 321 g/mol. The number of aliphatic carboxylic acids is 1. The minimum Gasteiger partial charge on any atom is -0.494 e. The molecule has 0 bridgehead atoms. The molecule has 0 fully saturated rings. The molecule has 0 aliphatic carbocycles. The normalized spacial score (nSPS) is 12.0. The lowest BCUT2D eigenvalue weighted by molar-refractivity contribution is -0.137. The van der Waals surface area contributed by atoms with Crippen molar-refractivity contribution in [2.45, 2.75) is 46.6 Å². The van der Waals surface area contributed by atoms with E-state index >= 15 is 0 Å². The molecule has 1 aromatic rings. The Morgan fingerprint density at radius 3 is 2.39 bits per heavy atom. The second-order valence-electron chi connectivity index (χ2n) is 6.19. The van der Waals surface area contributed by atoms with Gasteiger partial charge in [0.25, 0.3) is 0 Å². The fraction of sp³-hybridized carbons (Fsp3) is 0.556. The Bertz CT molecular complexity index is 496. The lowest BCUT2D eigenvalue weighted by Gasteiger charge is -2.15. The summed E-state index contributed by atoms with van der Waals surface area (Å²) in [6.07, 6.45) is 1.14. The number of amides is 1. The van der Waals surface area contributed by atoms with Crippen molar-refractivity contribution in [2.24, 2.45) is 11.8 Å². The molecule has 1 unspecified atom stereocenters. The van der Waals surface area contributed by atoms with Gasteiger partial charge in [0.05, 0.1) is 6.61 Å². The molecule has 0 saturated heterocycles. The number of hydrogen-bond acceptors (Lipinski definition) is 3. The molecule has 5 heteroatoms. The lowest BCUT2D eigenvalue weighted by atomic mass is 9.94. The molecule has 1 aromatic carbocycles. The highest BCUT2D eigenvalue weighted by molar-refractivity contribution is 5.76. The molecule has 0 saturated carbocycles. The zero-order valence-corrected chi connectivity index (χ0v) is 14.2. The number of carboxylic acids is 1. The Labute approximate surface area is 138 Å². The van der Waals surface area contributed by atoms with E-state index in [2.05, 4.69) is 26.1 Å². The number of carbonyl (C=O) groups excluding carboxylic acids is 1. The minimum absolute atomic E-state index is 0.0696. The van der Waals surface area contributed by atoms with Crippen molar-refractivity contribution in [1.29, 1.82) is 0 Å². The minimum atomic E-state index is -0.813. The van der Waals surface area contributed by atoms with Crippen LogP contribution in [0.5, 0.6) is 5.75 Å². The second kappa shape index (κ2) is 9.87. The molecule has 1 atom stereocenters. The number of hydrogen-bond donors (Lipinski definition) is 2. The van der Waals surface area contributed by atoms with Gasteiger partial charge in [0.15, 0.2) is 0 Å². The van der Waals surface area contributed by atoms with Gasteiger partial charge in [-0.3, -0.25) is 9.59 Å². The molecule has 0 radical (unpaired) electrons. The van der Waals surface area contributed by atoms with Crippen molar-refractivity contribution in [1.82, 2.24) is 5.32 Å². The summed E-state index contributed by atoms with van der Waals surface area (Å²) in [6, 6.07) is 7.47. The molecule has 1 rings (SSSR count). The van der Waals surface area contributed by atoms with Gasteiger partial charge in [0.2, 0.25) is 5.91 Å². The summed E-state index contributed by atoms with van der Waals surface area (Å²) in [7, 11) is 0. The van der Waals surface area contributed by atoms with Gasteiger partial charge in [-0.05, 0) is 36.0 Å². The third-order valence-corrected chi connectivity index (χ3v) is 3.86. The zero-order chi connectivity index (χ0) is 17.2. The van der Waals surface area contributed by atoms with Crippen LogP contribution in [0.15, 0.2) is 24.3 Å². The molecule has 5 nitrogen and oxygen atoms in total. The first-order chi connectivity index (χ1) is 10.9. The van der Waals surface area contributed by atoms with Crippen LogP contribution in [0.25, 0.3) is 0 Å². The highest BCUT2D eigenvalue weighted by Crippen LogP contribution is 2.15. The van der Waals surface area contributed by atoms with Crippen molar-refractivity contribution in [3.63, 3.8) is 0 Å². The molecular formula is C18H27NO4. The van der Waals surface area contributed by atoms with Gasteiger partial charge in [0.1, 0.15) is 5.75 Å². The second-order valence-corrected chi connectivity index (χ2v) is 6.19. The highest BCUT2D eigenvalue weighted by atomic mass is 16.5. The van der Waals surface area contributed by atoms with Gasteiger partial charge in [-0.1, -0.05) is 32.9 Å². The van der Waals surface area contributed by atoms with Crippen LogP contribution >= 0.6 is 0 Å². The maximum absolute atomic E-state index is 11.8. The maximum Gasteiger partial charge on any atom is 0.303 e. The average Bonchev–Trinajstić information content (AvgIpc) is 2.50. The smallest absolute Gasteiger partial charge is 0.303 e. The van der Waals surface area contributed by atoms with Crippen molar-refractivity contribution in [3.8, 4) is 5.75 Å². The Hall–Kier alpha value is -2.04. The van der Waals surface area contributed by atoms with Crippen LogP contribution in [0.1, 0.15) is 45.6 Å². The Morgan fingerprint density at radius 2 is 1.83 bits per heavy atom. The van der Waals surface area contributed by atoms with E-state index in [1.54, 1.807) is 0 Å². The fourth-order valence-corrected chi connectivity index (χ4v) is 1.92. The largest absolute Gasteiger partial charge is 0.494 e. The van der Waals surface area contributed by atoms with Crippen LogP contribution in [0, 0.1) is 11.8 Å². The standard InChI is InChI=1S/C18H27NO4/c1-13(2)14(3)11-17(20)19-12-15-6-8-16(9-7-15)23-10-4-5-18(21)22/h6-9,13-14H,4-5,10-12H2,1-3H3,(H,19,20)(H,21,22). The molecule has 0 heterocycles. The molecule has 0 aliphatic heterocycles. The van der Waals surface area contributed by atoms with Crippen LogP contribution in [-0.2, 0) is 16.1 Å². The average molecular weight is 321 g/mol. The molecule has 0 aliphatic rings.